The minimum atomic E-state index is -1.09. The molecule has 0 aliphatic carbocycles. The lowest BCUT2D eigenvalue weighted by molar-refractivity contribution is -0.137. The zero-order valence-electron chi connectivity index (χ0n) is 14.2. The number of hydrogen-bond donors (Lipinski definition) is 2. The third-order valence-electron chi connectivity index (χ3n) is 3.89. The summed E-state index contributed by atoms with van der Waals surface area (Å²) in [6.45, 7) is 0. The Balaban J connectivity index is 1.84. The average Bonchev–Trinajstić information content (AvgIpc) is 3.18. The Morgan fingerprint density at radius 2 is 1.85 bits per heavy atom. The van der Waals surface area contributed by atoms with Crippen LogP contribution in [0, 0.1) is 0 Å². The number of primary amides is 1. The molecule has 1 unspecified atom stereocenters. The van der Waals surface area contributed by atoms with Crippen molar-refractivity contribution in [2.45, 2.75) is 12.5 Å². The van der Waals surface area contributed by atoms with Gasteiger partial charge in [0.05, 0.1) is 16.6 Å². The van der Waals surface area contributed by atoms with Crippen LogP contribution >= 0.6 is 11.5 Å². The number of ketones is 1. The van der Waals surface area contributed by atoms with Crippen LogP contribution in [-0.2, 0) is 16.0 Å². The lowest BCUT2D eigenvalue weighted by Crippen LogP contribution is -2.47. The second-order valence-corrected chi connectivity index (χ2v) is 6.56. The number of benzene rings is 1. The zero-order valence-corrected chi connectivity index (χ0v) is 15.0. The maximum atomic E-state index is 12.8. The summed E-state index contributed by atoms with van der Waals surface area (Å²) in [5.41, 5.74) is 7.00. The molecule has 1 atom stereocenters. The molecule has 3 aromatic rings. The van der Waals surface area contributed by atoms with Gasteiger partial charge in [0.25, 0.3) is 11.8 Å². The van der Waals surface area contributed by atoms with Crippen molar-refractivity contribution in [1.82, 2.24) is 14.7 Å². The van der Waals surface area contributed by atoms with E-state index in [4.69, 9.17) is 5.73 Å². The van der Waals surface area contributed by atoms with Crippen LogP contribution < -0.4 is 11.1 Å². The van der Waals surface area contributed by atoms with E-state index < -0.39 is 23.6 Å². The van der Waals surface area contributed by atoms with Crippen LogP contribution in [0.1, 0.15) is 15.9 Å². The number of rotatable bonds is 7. The second kappa shape index (κ2) is 8.33. The molecule has 3 rings (SSSR count). The highest BCUT2D eigenvalue weighted by Crippen LogP contribution is 2.27. The van der Waals surface area contributed by atoms with Gasteiger partial charge in [-0.25, -0.2) is 0 Å². The minimum absolute atomic E-state index is 0.161. The zero-order chi connectivity index (χ0) is 19.2. The Morgan fingerprint density at radius 1 is 1.07 bits per heavy atom. The highest BCUT2D eigenvalue weighted by atomic mass is 32.1. The van der Waals surface area contributed by atoms with Gasteiger partial charge in [0.2, 0.25) is 5.78 Å². The molecular weight excluding hydrogens is 364 g/mol. The van der Waals surface area contributed by atoms with E-state index in [1.807, 2.05) is 24.3 Å². The lowest BCUT2D eigenvalue weighted by atomic mass is 10.0. The molecular formula is C19H16N4O3S. The standard InChI is InChI=1S/C19H16N4O3S/c20-18(25)16(24)15(9-12-5-2-1-3-6-12)23-19(26)14-11-22-27-17(14)13-7-4-8-21-10-13/h1-8,10-11,15H,9H2,(H2,20,25)(H,23,26). The number of pyridine rings is 1. The van der Waals surface area contributed by atoms with E-state index in [0.717, 1.165) is 22.7 Å². The molecule has 0 saturated heterocycles. The van der Waals surface area contributed by atoms with Crippen LogP contribution in [0.2, 0.25) is 0 Å². The molecule has 0 fully saturated rings. The van der Waals surface area contributed by atoms with Crippen molar-refractivity contribution in [3.05, 3.63) is 72.2 Å². The van der Waals surface area contributed by atoms with Gasteiger partial charge in [-0.1, -0.05) is 36.4 Å². The topological polar surface area (TPSA) is 115 Å². The van der Waals surface area contributed by atoms with Crippen molar-refractivity contribution in [1.29, 1.82) is 0 Å². The Kier molecular flexibility index (Phi) is 5.68. The molecule has 3 N–H and O–H groups in total. The van der Waals surface area contributed by atoms with Crippen LogP contribution in [0.5, 0.6) is 0 Å². The molecule has 136 valence electrons. The van der Waals surface area contributed by atoms with E-state index in [2.05, 4.69) is 14.7 Å². The van der Waals surface area contributed by atoms with Gasteiger partial charge in [0, 0.05) is 24.4 Å². The van der Waals surface area contributed by atoms with E-state index >= 15 is 0 Å². The molecule has 2 heterocycles. The average molecular weight is 380 g/mol. The fourth-order valence-electron chi connectivity index (χ4n) is 2.57. The number of amides is 2. The van der Waals surface area contributed by atoms with Crippen molar-refractivity contribution < 1.29 is 14.4 Å². The molecule has 8 heteroatoms. The maximum Gasteiger partial charge on any atom is 0.287 e. The molecule has 2 aromatic heterocycles. The molecule has 7 nitrogen and oxygen atoms in total. The summed E-state index contributed by atoms with van der Waals surface area (Å²) in [6.07, 6.45) is 4.84. The predicted molar refractivity (Wildman–Crippen MR) is 101 cm³/mol. The summed E-state index contributed by atoms with van der Waals surface area (Å²) in [7, 11) is 0. The number of aromatic nitrogens is 2. The van der Waals surface area contributed by atoms with Crippen LogP contribution in [-0.4, -0.2) is 33.0 Å². The van der Waals surface area contributed by atoms with Gasteiger partial charge < -0.3 is 11.1 Å². The van der Waals surface area contributed by atoms with Gasteiger partial charge in [-0.05, 0) is 23.2 Å². The number of Topliss-reactive ketones (excluding diaryl/α,β-unsaturated/α-hetero) is 1. The van der Waals surface area contributed by atoms with Gasteiger partial charge in [0.15, 0.2) is 0 Å². The molecule has 0 radical (unpaired) electrons. The quantitative estimate of drug-likeness (QED) is 0.604. The van der Waals surface area contributed by atoms with E-state index in [1.165, 1.54) is 6.20 Å². The molecule has 1 aromatic carbocycles. The third kappa shape index (κ3) is 4.42. The highest BCUT2D eigenvalue weighted by molar-refractivity contribution is 7.10. The van der Waals surface area contributed by atoms with E-state index in [-0.39, 0.29) is 6.42 Å². The van der Waals surface area contributed by atoms with Crippen LogP contribution in [0.3, 0.4) is 0 Å². The fraction of sp³-hybridized carbons (Fsp3) is 0.105. The first-order valence-corrected chi connectivity index (χ1v) is 8.87. The second-order valence-electron chi connectivity index (χ2n) is 5.75. The molecule has 0 spiro atoms. The first-order valence-electron chi connectivity index (χ1n) is 8.09. The first kappa shape index (κ1) is 18.4. The predicted octanol–water partition coefficient (Wildman–Crippen LogP) is 1.60. The fourth-order valence-corrected chi connectivity index (χ4v) is 3.31. The van der Waals surface area contributed by atoms with Gasteiger partial charge >= 0.3 is 0 Å². The van der Waals surface area contributed by atoms with E-state index in [1.54, 1.807) is 30.6 Å². The number of nitrogens with one attached hydrogen (secondary N) is 1. The van der Waals surface area contributed by atoms with E-state index in [9.17, 15) is 14.4 Å². The summed E-state index contributed by atoms with van der Waals surface area (Å²) in [4.78, 5) is 41.0. The summed E-state index contributed by atoms with van der Waals surface area (Å²) < 4.78 is 4.07. The van der Waals surface area contributed by atoms with Gasteiger partial charge in [-0.15, -0.1) is 0 Å². The van der Waals surface area contributed by atoms with Crippen molar-refractivity contribution in [2.75, 3.05) is 0 Å². The van der Waals surface area contributed by atoms with Crippen LogP contribution in [0.25, 0.3) is 10.4 Å². The third-order valence-corrected chi connectivity index (χ3v) is 4.74. The molecule has 27 heavy (non-hydrogen) atoms. The number of carbonyl (C=O) groups is 3. The summed E-state index contributed by atoms with van der Waals surface area (Å²) in [6, 6.07) is 11.6. The Bertz CT molecular complexity index is 957. The molecule has 0 aliphatic heterocycles. The van der Waals surface area contributed by atoms with Crippen molar-refractivity contribution >= 4 is 29.1 Å². The number of carbonyl (C=O) groups excluding carboxylic acids is 3. The minimum Gasteiger partial charge on any atom is -0.363 e. The lowest BCUT2D eigenvalue weighted by Gasteiger charge is -2.16. The van der Waals surface area contributed by atoms with Gasteiger partial charge in [-0.2, -0.15) is 4.37 Å². The first-order chi connectivity index (χ1) is 13.1. The SMILES string of the molecule is NC(=O)C(=O)C(Cc1ccccc1)NC(=O)c1cnsc1-c1cccnc1. The van der Waals surface area contributed by atoms with E-state index in [0.29, 0.717) is 10.4 Å². The van der Waals surface area contributed by atoms with Crippen LogP contribution in [0.4, 0.5) is 0 Å². The molecule has 2 amide bonds. The Labute approximate surface area is 159 Å². The maximum absolute atomic E-state index is 12.8. The Hall–Kier alpha value is -3.39. The normalized spacial score (nSPS) is 11.6. The van der Waals surface area contributed by atoms with Crippen LogP contribution in [0.15, 0.2) is 61.1 Å². The van der Waals surface area contributed by atoms with Gasteiger partial charge in [-0.3, -0.25) is 19.4 Å². The van der Waals surface area contributed by atoms with Crippen molar-refractivity contribution in [3.8, 4) is 10.4 Å². The molecule has 0 bridgehead atoms. The summed E-state index contributed by atoms with van der Waals surface area (Å²) >= 11 is 1.15. The van der Waals surface area contributed by atoms with Crippen molar-refractivity contribution in [3.63, 3.8) is 0 Å². The highest BCUT2D eigenvalue weighted by Gasteiger charge is 2.27. The summed E-state index contributed by atoms with van der Waals surface area (Å²) in [5, 5.41) is 2.62. The largest absolute Gasteiger partial charge is 0.363 e. The summed E-state index contributed by atoms with van der Waals surface area (Å²) in [5.74, 6) is -2.44. The number of hydrogen-bond acceptors (Lipinski definition) is 6. The molecule has 0 saturated carbocycles. The van der Waals surface area contributed by atoms with Crippen molar-refractivity contribution in [2.24, 2.45) is 5.73 Å². The number of nitrogens with two attached hydrogens (primary N) is 1. The monoisotopic (exact) mass is 380 g/mol. The number of nitrogens with zero attached hydrogens (tertiary/aromatic N) is 2. The smallest absolute Gasteiger partial charge is 0.287 e. The molecule has 0 aliphatic rings. The Morgan fingerprint density at radius 3 is 2.52 bits per heavy atom. The van der Waals surface area contributed by atoms with Gasteiger partial charge in [0.1, 0.15) is 6.04 Å².